The molecule has 0 spiro atoms. The molecule has 43 heavy (non-hydrogen) atoms. The number of hydrogen-bond acceptors (Lipinski definition) is 4. The van der Waals surface area contributed by atoms with Gasteiger partial charge in [-0.05, 0) is 98.1 Å². The van der Waals surface area contributed by atoms with Crippen molar-refractivity contribution in [3.63, 3.8) is 0 Å². The second-order valence-electron chi connectivity index (χ2n) is 11.0. The van der Waals surface area contributed by atoms with E-state index in [9.17, 15) is 0 Å². The number of rotatable bonds is 5. The molecule has 2 aliphatic heterocycles. The molecule has 0 fully saturated rings. The number of allylic oxidation sites excluding steroid dienone is 1. The Kier molecular flexibility index (Phi) is 6.04. The summed E-state index contributed by atoms with van der Waals surface area (Å²) in [5, 5.41) is 10.9. The molecule has 1 atom stereocenters. The number of fused-ring (bicyclic) bond motifs is 5. The summed E-state index contributed by atoms with van der Waals surface area (Å²) in [6.07, 6.45) is 9.74. The average molecular weight is 553 g/mol. The maximum atomic E-state index is 4.64. The Balaban J connectivity index is 1.26. The summed E-state index contributed by atoms with van der Waals surface area (Å²) in [5.74, 6) is 0. The number of aliphatic imine (C=N–C) groups is 2. The Bertz CT molecular complexity index is 2260. The molecular formula is C39H28N4. The lowest BCUT2D eigenvalue weighted by Crippen LogP contribution is -2.46. The third kappa shape index (κ3) is 4.36. The summed E-state index contributed by atoms with van der Waals surface area (Å²) in [4.78, 5) is 13.3. The van der Waals surface area contributed by atoms with E-state index in [1.165, 1.54) is 32.7 Å². The van der Waals surface area contributed by atoms with Gasteiger partial charge in [0.2, 0.25) is 0 Å². The van der Waals surface area contributed by atoms with Crippen molar-refractivity contribution in [3.05, 3.63) is 149 Å². The van der Waals surface area contributed by atoms with Gasteiger partial charge in [0, 0.05) is 29.0 Å². The van der Waals surface area contributed by atoms with Crippen LogP contribution in [0.4, 0.5) is 0 Å². The van der Waals surface area contributed by atoms with E-state index in [4.69, 9.17) is 0 Å². The molecule has 0 aliphatic carbocycles. The predicted molar refractivity (Wildman–Crippen MR) is 180 cm³/mol. The number of benzene rings is 5. The van der Waals surface area contributed by atoms with Crippen LogP contribution in [0.1, 0.15) is 11.1 Å². The summed E-state index contributed by atoms with van der Waals surface area (Å²) < 4.78 is 0. The molecule has 0 amide bonds. The van der Waals surface area contributed by atoms with Gasteiger partial charge in [0.15, 0.2) is 0 Å². The maximum Gasteiger partial charge on any atom is 0.0880 e. The summed E-state index contributed by atoms with van der Waals surface area (Å²) in [6, 6.07) is 37.3. The standard InChI is InChI=1S/C39H28N4/c1-40-23-25-19-29(21-30(20-25)35-22-28-7-2-3-8-31(28)32-9-4-5-10-33(32)35)26-12-14-27(15-13-26)38-34-16-18-41-24-36(34)39-37(43-38)11-6-17-42-39/h2-22,24,37,43H,1,23H2. The Morgan fingerprint density at radius 1 is 0.721 bits per heavy atom. The lowest BCUT2D eigenvalue weighted by molar-refractivity contribution is 0.834. The van der Waals surface area contributed by atoms with E-state index in [1.54, 1.807) is 0 Å². The van der Waals surface area contributed by atoms with Crippen molar-refractivity contribution in [1.29, 1.82) is 0 Å². The molecule has 6 aromatic rings. The van der Waals surface area contributed by atoms with Crippen molar-refractivity contribution < 1.29 is 0 Å². The van der Waals surface area contributed by atoms with Crippen molar-refractivity contribution in [3.8, 4) is 22.3 Å². The molecule has 1 aromatic heterocycles. The number of aromatic nitrogens is 1. The Morgan fingerprint density at radius 3 is 2.35 bits per heavy atom. The Labute approximate surface area is 249 Å². The van der Waals surface area contributed by atoms with Gasteiger partial charge in [-0.3, -0.25) is 15.0 Å². The summed E-state index contributed by atoms with van der Waals surface area (Å²) >= 11 is 0. The van der Waals surface area contributed by atoms with Gasteiger partial charge in [0.1, 0.15) is 0 Å². The highest BCUT2D eigenvalue weighted by Crippen LogP contribution is 2.37. The van der Waals surface area contributed by atoms with Gasteiger partial charge < -0.3 is 5.32 Å². The van der Waals surface area contributed by atoms with E-state index in [-0.39, 0.29) is 6.04 Å². The van der Waals surface area contributed by atoms with Crippen molar-refractivity contribution in [2.24, 2.45) is 9.98 Å². The summed E-state index contributed by atoms with van der Waals surface area (Å²) in [6.45, 7) is 4.35. The van der Waals surface area contributed by atoms with Crippen LogP contribution in [0.2, 0.25) is 0 Å². The molecule has 1 unspecified atom stereocenters. The van der Waals surface area contributed by atoms with E-state index in [0.29, 0.717) is 6.54 Å². The van der Waals surface area contributed by atoms with Crippen LogP contribution in [0.25, 0.3) is 55.2 Å². The minimum Gasteiger partial charge on any atom is -0.372 e. The minimum absolute atomic E-state index is 0.0267. The normalized spacial score (nSPS) is 15.3. The molecule has 8 rings (SSSR count). The highest BCUT2D eigenvalue weighted by molar-refractivity contribution is 6.13. The zero-order chi connectivity index (χ0) is 28.8. The fourth-order valence-corrected chi connectivity index (χ4v) is 6.45. The highest BCUT2D eigenvalue weighted by atomic mass is 15.0. The van der Waals surface area contributed by atoms with Crippen LogP contribution in [0, 0.1) is 0 Å². The van der Waals surface area contributed by atoms with E-state index in [1.807, 2.05) is 24.7 Å². The number of nitrogens with one attached hydrogen (secondary N) is 1. The van der Waals surface area contributed by atoms with Crippen molar-refractivity contribution in [2.45, 2.75) is 12.6 Å². The average Bonchev–Trinajstić information content (AvgIpc) is 3.07. The van der Waals surface area contributed by atoms with Crippen LogP contribution in [0.15, 0.2) is 138 Å². The molecule has 204 valence electrons. The lowest BCUT2D eigenvalue weighted by Gasteiger charge is -2.25. The van der Waals surface area contributed by atoms with Crippen LogP contribution in [0.5, 0.6) is 0 Å². The monoisotopic (exact) mass is 552 g/mol. The van der Waals surface area contributed by atoms with Gasteiger partial charge in [-0.15, -0.1) is 0 Å². The van der Waals surface area contributed by atoms with Crippen LogP contribution in [-0.4, -0.2) is 24.0 Å². The number of pyridine rings is 1. The molecule has 5 aromatic carbocycles. The molecule has 4 heteroatoms. The van der Waals surface area contributed by atoms with Crippen LogP contribution >= 0.6 is 0 Å². The molecule has 4 nitrogen and oxygen atoms in total. The minimum atomic E-state index is 0.0267. The van der Waals surface area contributed by atoms with Gasteiger partial charge >= 0.3 is 0 Å². The quantitative estimate of drug-likeness (QED) is 0.189. The first-order valence-electron chi connectivity index (χ1n) is 14.5. The fraction of sp³-hybridized carbons (Fsp3) is 0.0513. The van der Waals surface area contributed by atoms with Crippen LogP contribution in [-0.2, 0) is 6.54 Å². The predicted octanol–water partition coefficient (Wildman–Crippen LogP) is 6.80. The zero-order valence-corrected chi connectivity index (χ0v) is 23.5. The number of dihydropyridines is 1. The molecule has 1 N–H and O–H groups in total. The van der Waals surface area contributed by atoms with Gasteiger partial charge in [-0.25, -0.2) is 0 Å². The van der Waals surface area contributed by atoms with Gasteiger partial charge in [-0.1, -0.05) is 78.9 Å². The van der Waals surface area contributed by atoms with Crippen molar-refractivity contribution in [2.75, 3.05) is 0 Å². The molecule has 0 saturated carbocycles. The van der Waals surface area contributed by atoms with Crippen LogP contribution in [0.3, 0.4) is 0 Å². The zero-order valence-electron chi connectivity index (χ0n) is 23.5. The Morgan fingerprint density at radius 2 is 1.49 bits per heavy atom. The van der Waals surface area contributed by atoms with E-state index < -0.39 is 0 Å². The molecule has 2 aliphatic rings. The third-order valence-corrected chi connectivity index (χ3v) is 8.44. The first kappa shape index (κ1) is 25.1. The van der Waals surface area contributed by atoms with Gasteiger partial charge in [-0.2, -0.15) is 0 Å². The third-order valence-electron chi connectivity index (χ3n) is 8.44. The lowest BCUT2D eigenvalue weighted by atomic mass is 9.90. The van der Waals surface area contributed by atoms with E-state index >= 15 is 0 Å². The van der Waals surface area contributed by atoms with E-state index in [0.717, 1.165) is 44.1 Å². The second-order valence-corrected chi connectivity index (χ2v) is 11.0. The maximum absolute atomic E-state index is 4.64. The molecule has 3 heterocycles. The van der Waals surface area contributed by atoms with Crippen molar-refractivity contribution in [1.82, 2.24) is 10.3 Å². The number of nitrogens with zero attached hydrogens (tertiary/aromatic N) is 3. The second kappa shape index (κ2) is 10.3. The highest BCUT2D eigenvalue weighted by Gasteiger charge is 2.21. The van der Waals surface area contributed by atoms with Gasteiger partial charge in [0.05, 0.1) is 24.0 Å². The topological polar surface area (TPSA) is 49.6 Å². The largest absolute Gasteiger partial charge is 0.372 e. The first-order chi connectivity index (χ1) is 21.3. The van der Waals surface area contributed by atoms with E-state index in [2.05, 4.69) is 136 Å². The van der Waals surface area contributed by atoms with Gasteiger partial charge in [0.25, 0.3) is 0 Å². The Hall–Kier alpha value is -5.61. The molecule has 0 saturated heterocycles. The SMILES string of the molecule is C=NCc1cc(-c2ccc(C3=c4ccncc4=C4N=CC=CC4N3)cc2)cc(-c2cc3ccccc3c3ccccc23)c1. The number of hydrogen-bond donors (Lipinski definition) is 1. The molecule has 0 bridgehead atoms. The van der Waals surface area contributed by atoms with Crippen LogP contribution < -0.4 is 15.8 Å². The molecular weight excluding hydrogens is 524 g/mol. The fourth-order valence-electron chi connectivity index (χ4n) is 6.45. The summed E-state index contributed by atoms with van der Waals surface area (Å²) in [5.41, 5.74) is 9.08. The smallest absolute Gasteiger partial charge is 0.0880 e. The van der Waals surface area contributed by atoms with Crippen molar-refractivity contribution >= 4 is 45.9 Å². The first-order valence-corrected chi connectivity index (χ1v) is 14.5. The summed E-state index contributed by atoms with van der Waals surface area (Å²) in [7, 11) is 0. The molecule has 0 radical (unpaired) electrons.